The largest absolute Gasteiger partial charge is 0.495 e. The number of aromatic nitrogens is 3. The number of nitro benzene ring substituents is 1. The molecule has 0 amide bonds. The van der Waals surface area contributed by atoms with Crippen LogP contribution in [0.1, 0.15) is 0 Å². The number of ether oxygens (including phenoxy) is 1. The van der Waals surface area contributed by atoms with Crippen LogP contribution >= 0.6 is 15.9 Å². The number of hydrogen-bond donors (Lipinski definition) is 1. The molecule has 0 aliphatic rings. The summed E-state index contributed by atoms with van der Waals surface area (Å²) in [4.78, 5) is 19.6. The molecule has 2 heterocycles. The van der Waals surface area contributed by atoms with Crippen molar-refractivity contribution in [2.75, 3.05) is 12.4 Å². The van der Waals surface area contributed by atoms with Gasteiger partial charge in [0.05, 0.1) is 27.9 Å². The minimum Gasteiger partial charge on any atom is -0.495 e. The van der Waals surface area contributed by atoms with Crippen molar-refractivity contribution in [3.05, 3.63) is 69.4 Å². The lowest BCUT2D eigenvalue weighted by molar-refractivity contribution is -0.385. The van der Waals surface area contributed by atoms with Gasteiger partial charge in [-0.2, -0.15) is 0 Å². The Morgan fingerprint density at radius 2 is 2.03 bits per heavy atom. The Morgan fingerprint density at radius 1 is 1.24 bits per heavy atom. The van der Waals surface area contributed by atoms with Crippen LogP contribution in [0.2, 0.25) is 0 Å². The van der Waals surface area contributed by atoms with Crippen LogP contribution in [0.5, 0.6) is 5.75 Å². The van der Waals surface area contributed by atoms with E-state index in [0.717, 1.165) is 22.2 Å². The van der Waals surface area contributed by atoms with Crippen molar-refractivity contribution >= 4 is 44.2 Å². The van der Waals surface area contributed by atoms with Gasteiger partial charge >= 0.3 is 0 Å². The van der Waals surface area contributed by atoms with Gasteiger partial charge in [0.1, 0.15) is 5.75 Å². The van der Waals surface area contributed by atoms with Crippen LogP contribution in [0, 0.1) is 10.1 Å². The van der Waals surface area contributed by atoms with Crippen LogP contribution < -0.4 is 10.1 Å². The fourth-order valence-electron chi connectivity index (χ4n) is 3.19. The minimum atomic E-state index is -0.470. The lowest BCUT2D eigenvalue weighted by Crippen LogP contribution is -2.01. The monoisotopic (exact) mass is 453 g/mol. The number of aryl methyl sites for hydroxylation is 1. The highest BCUT2D eigenvalue weighted by Crippen LogP contribution is 2.37. The molecule has 0 aliphatic carbocycles. The first kappa shape index (κ1) is 18.9. The normalized spacial score (nSPS) is 10.9. The Balaban J connectivity index is 1.75. The molecule has 4 rings (SSSR count). The molecule has 0 spiro atoms. The van der Waals surface area contributed by atoms with Crippen LogP contribution in [-0.2, 0) is 7.05 Å². The van der Waals surface area contributed by atoms with Crippen LogP contribution in [-0.4, -0.2) is 26.6 Å². The number of nitrogens with one attached hydrogen (secondary N) is 1. The highest BCUT2D eigenvalue weighted by Gasteiger charge is 2.18. The summed E-state index contributed by atoms with van der Waals surface area (Å²) >= 11 is 3.19. The van der Waals surface area contributed by atoms with E-state index in [1.54, 1.807) is 6.20 Å². The number of benzene rings is 2. The molecule has 2 aromatic carbocycles. The summed E-state index contributed by atoms with van der Waals surface area (Å²) in [6.45, 7) is 0. The summed E-state index contributed by atoms with van der Waals surface area (Å²) in [5.74, 6) is 0.743. The highest BCUT2D eigenvalue weighted by molar-refractivity contribution is 9.10. The zero-order valence-corrected chi connectivity index (χ0v) is 17.2. The minimum absolute atomic E-state index is 0.0847. The summed E-state index contributed by atoms with van der Waals surface area (Å²) in [5.41, 5.74) is 3.13. The maximum atomic E-state index is 11.3. The summed E-state index contributed by atoms with van der Waals surface area (Å²) in [5, 5.41) is 15.4. The van der Waals surface area contributed by atoms with E-state index in [1.807, 2.05) is 48.1 Å². The molecule has 146 valence electrons. The summed E-state index contributed by atoms with van der Waals surface area (Å²) in [7, 11) is 3.48. The fourth-order valence-corrected chi connectivity index (χ4v) is 3.65. The van der Waals surface area contributed by atoms with E-state index < -0.39 is 4.92 Å². The molecule has 0 bridgehead atoms. The second-order valence-electron chi connectivity index (χ2n) is 6.32. The van der Waals surface area contributed by atoms with Crippen molar-refractivity contribution in [3.63, 3.8) is 0 Å². The van der Waals surface area contributed by atoms with E-state index in [4.69, 9.17) is 4.74 Å². The molecule has 8 nitrogen and oxygen atoms in total. The third kappa shape index (κ3) is 3.52. The van der Waals surface area contributed by atoms with Gasteiger partial charge in [0.15, 0.2) is 0 Å². The maximum absolute atomic E-state index is 11.3. The lowest BCUT2D eigenvalue weighted by atomic mass is 10.1. The molecule has 0 saturated heterocycles. The number of methoxy groups -OCH3 is 1. The number of para-hydroxylation sites is 1. The first-order valence-corrected chi connectivity index (χ1v) is 9.43. The van der Waals surface area contributed by atoms with Gasteiger partial charge in [0.25, 0.3) is 5.69 Å². The number of halogens is 1. The Bertz CT molecular complexity index is 1240. The number of anilines is 2. The quantitative estimate of drug-likeness (QED) is 0.335. The highest BCUT2D eigenvalue weighted by atomic mass is 79.9. The van der Waals surface area contributed by atoms with Gasteiger partial charge in [-0.3, -0.25) is 10.1 Å². The second kappa shape index (κ2) is 7.51. The predicted molar refractivity (Wildman–Crippen MR) is 115 cm³/mol. The molecule has 1 N–H and O–H groups in total. The number of nitro groups is 1. The lowest BCUT2D eigenvalue weighted by Gasteiger charge is -2.11. The molecular formula is C20H16BrN5O3. The van der Waals surface area contributed by atoms with Crippen molar-refractivity contribution in [2.45, 2.75) is 0 Å². The Morgan fingerprint density at radius 3 is 2.79 bits per heavy atom. The molecule has 9 heteroatoms. The van der Waals surface area contributed by atoms with Gasteiger partial charge in [-0.1, -0.05) is 18.2 Å². The van der Waals surface area contributed by atoms with Crippen LogP contribution in [0.3, 0.4) is 0 Å². The van der Waals surface area contributed by atoms with E-state index in [1.165, 1.54) is 19.2 Å². The van der Waals surface area contributed by atoms with Gasteiger partial charge in [-0.05, 0) is 28.1 Å². The Labute approximate surface area is 174 Å². The molecule has 2 aromatic heterocycles. The molecule has 29 heavy (non-hydrogen) atoms. The average molecular weight is 454 g/mol. The molecule has 0 saturated carbocycles. The molecule has 0 unspecified atom stereocenters. The fraction of sp³-hybridized carbons (Fsp3) is 0.100. The van der Waals surface area contributed by atoms with Crippen LogP contribution in [0.4, 0.5) is 17.3 Å². The van der Waals surface area contributed by atoms with E-state index in [0.29, 0.717) is 21.9 Å². The Kier molecular flexibility index (Phi) is 4.89. The van der Waals surface area contributed by atoms with Gasteiger partial charge in [0.2, 0.25) is 5.95 Å². The van der Waals surface area contributed by atoms with Crippen molar-refractivity contribution in [2.24, 2.45) is 7.05 Å². The number of hydrogen-bond acceptors (Lipinski definition) is 6. The molecular weight excluding hydrogens is 438 g/mol. The Hall–Kier alpha value is -3.46. The topological polar surface area (TPSA) is 95.1 Å². The van der Waals surface area contributed by atoms with Crippen LogP contribution in [0.15, 0.2) is 59.3 Å². The molecule has 0 fully saturated rings. The van der Waals surface area contributed by atoms with E-state index in [9.17, 15) is 10.1 Å². The standard InChI is InChI=1S/C20H16BrN5O3/c1-25-11-13(12-5-3-4-6-17(12)25)15-7-8-22-20(23-15)24-16-10-18(26(27)28)14(21)9-19(16)29-2/h3-11H,1-2H3,(H,22,23,24). The smallest absolute Gasteiger partial charge is 0.285 e. The SMILES string of the molecule is COc1cc(Br)c([N+](=O)[O-])cc1Nc1nccc(-c2cn(C)c3ccccc23)n1. The zero-order valence-electron chi connectivity index (χ0n) is 15.6. The van der Waals surface area contributed by atoms with Crippen LogP contribution in [0.25, 0.3) is 22.2 Å². The van der Waals surface area contributed by atoms with Crippen molar-refractivity contribution in [1.29, 1.82) is 0 Å². The third-order valence-corrected chi connectivity index (χ3v) is 5.18. The van der Waals surface area contributed by atoms with Gasteiger partial charge in [-0.15, -0.1) is 0 Å². The second-order valence-corrected chi connectivity index (χ2v) is 7.18. The summed E-state index contributed by atoms with van der Waals surface area (Å²) in [6, 6.07) is 12.8. The predicted octanol–water partition coefficient (Wildman–Crippen LogP) is 5.06. The van der Waals surface area contributed by atoms with E-state index >= 15 is 0 Å². The number of nitrogens with zero attached hydrogens (tertiary/aromatic N) is 4. The van der Waals surface area contributed by atoms with Gasteiger partial charge in [0, 0.05) is 48.0 Å². The maximum Gasteiger partial charge on any atom is 0.285 e. The summed E-state index contributed by atoms with van der Waals surface area (Å²) < 4.78 is 7.71. The first-order chi connectivity index (χ1) is 14.0. The molecule has 4 aromatic rings. The van der Waals surface area contributed by atoms with Gasteiger partial charge in [-0.25, -0.2) is 9.97 Å². The van der Waals surface area contributed by atoms with Crippen molar-refractivity contribution in [1.82, 2.24) is 14.5 Å². The van der Waals surface area contributed by atoms with Crippen molar-refractivity contribution in [3.8, 4) is 17.0 Å². The van der Waals surface area contributed by atoms with E-state index in [2.05, 4.69) is 31.2 Å². The van der Waals surface area contributed by atoms with E-state index in [-0.39, 0.29) is 5.69 Å². The molecule has 0 radical (unpaired) electrons. The number of rotatable bonds is 5. The number of fused-ring (bicyclic) bond motifs is 1. The molecule has 0 aliphatic heterocycles. The average Bonchev–Trinajstić information content (AvgIpc) is 3.06. The summed E-state index contributed by atoms with van der Waals surface area (Å²) in [6.07, 6.45) is 3.66. The van der Waals surface area contributed by atoms with Crippen molar-refractivity contribution < 1.29 is 9.66 Å². The van der Waals surface area contributed by atoms with Gasteiger partial charge < -0.3 is 14.6 Å². The molecule has 0 atom stereocenters. The zero-order chi connectivity index (χ0) is 20.5. The third-order valence-electron chi connectivity index (χ3n) is 4.54. The first-order valence-electron chi connectivity index (χ1n) is 8.64.